The van der Waals surface area contributed by atoms with Gasteiger partial charge in [-0.15, -0.1) is 0 Å². The van der Waals surface area contributed by atoms with E-state index >= 15 is 0 Å². The Balaban J connectivity index is 2.28. The lowest BCUT2D eigenvalue weighted by Gasteiger charge is -2.32. The second-order valence-electron chi connectivity index (χ2n) is 4.87. The Kier molecular flexibility index (Phi) is 4.02. The molecule has 3 heteroatoms. The number of rotatable bonds is 3. The third-order valence-corrected chi connectivity index (χ3v) is 3.35. The number of para-hydroxylation sites is 1. The summed E-state index contributed by atoms with van der Waals surface area (Å²) in [6, 6.07) is 9.54. The number of fused-ring (bicyclic) bond motifs is 1. The van der Waals surface area contributed by atoms with Crippen LogP contribution in [-0.2, 0) is 11.3 Å². The summed E-state index contributed by atoms with van der Waals surface area (Å²) < 4.78 is 5.29. The van der Waals surface area contributed by atoms with E-state index in [0.29, 0.717) is 12.1 Å². The fourth-order valence-corrected chi connectivity index (χ4v) is 2.43. The normalized spacial score (nSPS) is 21.8. The summed E-state index contributed by atoms with van der Waals surface area (Å²) in [7, 11) is 1.77. The molecule has 0 aliphatic carbocycles. The molecule has 0 bridgehead atoms. The first-order chi connectivity index (χ1) is 8.22. The molecular weight excluding hydrogens is 212 g/mol. The minimum atomic E-state index is 0.406. The van der Waals surface area contributed by atoms with Crippen molar-refractivity contribution in [2.24, 2.45) is 0 Å². The Morgan fingerprint density at radius 2 is 2.24 bits per heavy atom. The molecule has 1 heterocycles. The Morgan fingerprint density at radius 1 is 1.47 bits per heavy atom. The fraction of sp³-hybridized carbons (Fsp3) is 0.571. The maximum atomic E-state index is 5.29. The predicted molar refractivity (Wildman–Crippen MR) is 71.4 cm³/mol. The van der Waals surface area contributed by atoms with Gasteiger partial charge in [-0.25, -0.2) is 0 Å². The van der Waals surface area contributed by atoms with Gasteiger partial charge in [-0.2, -0.15) is 0 Å². The van der Waals surface area contributed by atoms with Gasteiger partial charge in [0.1, 0.15) is 0 Å². The van der Waals surface area contributed by atoms with Crippen LogP contribution in [0.15, 0.2) is 24.3 Å². The largest absolute Gasteiger partial charge is 0.383 e. The molecule has 0 radical (unpaired) electrons. The first-order valence-corrected chi connectivity index (χ1v) is 6.29. The van der Waals surface area contributed by atoms with E-state index in [-0.39, 0.29) is 0 Å². The van der Waals surface area contributed by atoms with Crippen molar-refractivity contribution in [2.45, 2.75) is 32.5 Å². The van der Waals surface area contributed by atoms with Gasteiger partial charge in [0.25, 0.3) is 0 Å². The molecule has 0 saturated heterocycles. The summed E-state index contributed by atoms with van der Waals surface area (Å²) in [5, 5.41) is 3.55. The van der Waals surface area contributed by atoms with Crippen molar-refractivity contribution in [3.63, 3.8) is 0 Å². The predicted octanol–water partition coefficient (Wildman–Crippen LogP) is 2.02. The van der Waals surface area contributed by atoms with Gasteiger partial charge in [-0.1, -0.05) is 18.2 Å². The van der Waals surface area contributed by atoms with Crippen molar-refractivity contribution < 1.29 is 4.74 Å². The van der Waals surface area contributed by atoms with Gasteiger partial charge in [-0.3, -0.25) is 0 Å². The van der Waals surface area contributed by atoms with Gasteiger partial charge < -0.3 is 15.0 Å². The lowest BCUT2D eigenvalue weighted by atomic mass is 10.1. The molecular formula is C14H22N2O. The molecule has 0 saturated carbocycles. The summed E-state index contributed by atoms with van der Waals surface area (Å²) in [6.45, 7) is 7.20. The quantitative estimate of drug-likeness (QED) is 0.866. The number of anilines is 1. The molecule has 2 atom stereocenters. The van der Waals surface area contributed by atoms with Gasteiger partial charge in [0.2, 0.25) is 0 Å². The van der Waals surface area contributed by atoms with Crippen molar-refractivity contribution >= 4 is 5.69 Å². The van der Waals surface area contributed by atoms with Crippen LogP contribution in [0.2, 0.25) is 0 Å². The Morgan fingerprint density at radius 3 is 3.00 bits per heavy atom. The van der Waals surface area contributed by atoms with Crippen LogP contribution in [0.3, 0.4) is 0 Å². The number of nitrogens with one attached hydrogen (secondary N) is 1. The molecule has 0 aromatic heterocycles. The molecule has 94 valence electrons. The Labute approximate surface area is 104 Å². The fourth-order valence-electron chi connectivity index (χ4n) is 2.43. The monoisotopic (exact) mass is 234 g/mol. The first kappa shape index (κ1) is 12.4. The number of benzene rings is 1. The van der Waals surface area contributed by atoms with Crippen molar-refractivity contribution in [1.29, 1.82) is 0 Å². The van der Waals surface area contributed by atoms with Crippen LogP contribution < -0.4 is 10.2 Å². The molecule has 2 unspecified atom stereocenters. The van der Waals surface area contributed by atoms with Crippen LogP contribution in [-0.4, -0.2) is 32.3 Å². The number of nitrogens with zero attached hydrogens (tertiary/aromatic N) is 1. The molecule has 2 rings (SSSR count). The maximum absolute atomic E-state index is 5.29. The van der Waals surface area contributed by atoms with Gasteiger partial charge in [-0.05, 0) is 25.5 Å². The zero-order valence-electron chi connectivity index (χ0n) is 10.9. The minimum absolute atomic E-state index is 0.406. The number of hydrogen-bond acceptors (Lipinski definition) is 3. The molecule has 0 spiro atoms. The summed E-state index contributed by atoms with van der Waals surface area (Å²) in [4.78, 5) is 2.45. The Hall–Kier alpha value is -1.06. The van der Waals surface area contributed by atoms with E-state index in [0.717, 1.165) is 19.7 Å². The smallest absolute Gasteiger partial charge is 0.0663 e. The lowest BCUT2D eigenvalue weighted by Crippen LogP contribution is -2.42. The zero-order valence-corrected chi connectivity index (χ0v) is 10.9. The third-order valence-electron chi connectivity index (χ3n) is 3.35. The average molecular weight is 234 g/mol. The van der Waals surface area contributed by atoms with Crippen molar-refractivity contribution in [3.05, 3.63) is 29.8 Å². The second-order valence-corrected chi connectivity index (χ2v) is 4.87. The molecule has 1 aromatic carbocycles. The second kappa shape index (κ2) is 5.52. The number of hydrogen-bond donors (Lipinski definition) is 1. The number of methoxy groups -OCH3 is 1. The van der Waals surface area contributed by atoms with E-state index in [1.54, 1.807) is 7.11 Å². The highest BCUT2D eigenvalue weighted by Gasteiger charge is 2.22. The van der Waals surface area contributed by atoms with Crippen LogP contribution in [0.4, 0.5) is 5.69 Å². The van der Waals surface area contributed by atoms with E-state index in [1.165, 1.54) is 11.3 Å². The molecule has 1 aliphatic rings. The van der Waals surface area contributed by atoms with Gasteiger partial charge in [0, 0.05) is 38.0 Å². The Bertz CT molecular complexity index is 367. The van der Waals surface area contributed by atoms with Crippen LogP contribution in [0, 0.1) is 0 Å². The standard InChI is InChI=1S/C14H22N2O/c1-11-9-16(12(2)10-17-3)14-7-5-4-6-13(14)8-15-11/h4-7,11-12,15H,8-10H2,1-3H3. The maximum Gasteiger partial charge on any atom is 0.0663 e. The van der Waals surface area contributed by atoms with Crippen LogP contribution in [0.1, 0.15) is 19.4 Å². The average Bonchev–Trinajstić information content (AvgIpc) is 2.50. The first-order valence-electron chi connectivity index (χ1n) is 6.29. The molecule has 0 amide bonds. The van der Waals surface area contributed by atoms with Crippen LogP contribution >= 0.6 is 0 Å². The summed E-state index contributed by atoms with van der Waals surface area (Å²) in [6.07, 6.45) is 0. The lowest BCUT2D eigenvalue weighted by molar-refractivity contribution is 0.181. The summed E-state index contributed by atoms with van der Waals surface area (Å²) >= 11 is 0. The van der Waals surface area contributed by atoms with Gasteiger partial charge in [0.05, 0.1) is 6.61 Å². The highest BCUT2D eigenvalue weighted by Crippen LogP contribution is 2.25. The third kappa shape index (κ3) is 2.79. The van der Waals surface area contributed by atoms with Crippen molar-refractivity contribution in [1.82, 2.24) is 5.32 Å². The molecule has 1 N–H and O–H groups in total. The van der Waals surface area contributed by atoms with Crippen molar-refractivity contribution in [2.75, 3.05) is 25.2 Å². The highest BCUT2D eigenvalue weighted by atomic mass is 16.5. The van der Waals surface area contributed by atoms with E-state index in [2.05, 4.69) is 48.3 Å². The topological polar surface area (TPSA) is 24.5 Å². The zero-order chi connectivity index (χ0) is 12.3. The minimum Gasteiger partial charge on any atom is -0.383 e. The molecule has 1 aromatic rings. The van der Waals surface area contributed by atoms with Crippen LogP contribution in [0.25, 0.3) is 0 Å². The van der Waals surface area contributed by atoms with Crippen molar-refractivity contribution in [3.8, 4) is 0 Å². The van der Waals surface area contributed by atoms with Crippen LogP contribution in [0.5, 0.6) is 0 Å². The highest BCUT2D eigenvalue weighted by molar-refractivity contribution is 5.55. The SMILES string of the molecule is COCC(C)N1CC(C)NCc2ccccc21. The summed E-state index contributed by atoms with van der Waals surface area (Å²) in [5.41, 5.74) is 2.72. The van der Waals surface area contributed by atoms with E-state index in [9.17, 15) is 0 Å². The molecule has 3 nitrogen and oxygen atoms in total. The molecule has 1 aliphatic heterocycles. The van der Waals surface area contributed by atoms with Gasteiger partial charge >= 0.3 is 0 Å². The number of ether oxygens (including phenoxy) is 1. The van der Waals surface area contributed by atoms with Gasteiger partial charge in [0.15, 0.2) is 0 Å². The summed E-state index contributed by atoms with van der Waals surface area (Å²) in [5.74, 6) is 0. The van der Waals surface area contributed by atoms with E-state index in [4.69, 9.17) is 4.74 Å². The molecule has 17 heavy (non-hydrogen) atoms. The van der Waals surface area contributed by atoms with E-state index < -0.39 is 0 Å². The van der Waals surface area contributed by atoms with E-state index in [1.807, 2.05) is 0 Å². The molecule has 0 fully saturated rings.